The van der Waals surface area contributed by atoms with E-state index in [1.807, 2.05) is 54.6 Å². The SMILES string of the molecule is CCOC(=O)C1=CN2C(=O)c3ccccc3[C@@H]2C[C@@H]1c1ccccc1. The highest BCUT2D eigenvalue weighted by Crippen LogP contribution is 2.46. The molecule has 2 aliphatic rings. The smallest absolute Gasteiger partial charge is 0.336 e. The Labute approximate surface area is 146 Å². The summed E-state index contributed by atoms with van der Waals surface area (Å²) in [5.41, 5.74) is 3.37. The molecule has 0 unspecified atom stereocenters. The molecule has 0 bridgehead atoms. The second-order valence-corrected chi connectivity index (χ2v) is 6.32. The second-order valence-electron chi connectivity index (χ2n) is 6.32. The molecule has 4 heteroatoms. The first-order valence-corrected chi connectivity index (χ1v) is 8.56. The summed E-state index contributed by atoms with van der Waals surface area (Å²) in [5, 5.41) is 0. The van der Waals surface area contributed by atoms with E-state index in [1.54, 1.807) is 18.0 Å². The average Bonchev–Trinajstić information content (AvgIpc) is 2.94. The second kappa shape index (κ2) is 6.20. The van der Waals surface area contributed by atoms with E-state index < -0.39 is 0 Å². The number of carbonyl (C=O) groups excluding carboxylic acids is 2. The Morgan fingerprint density at radius 2 is 1.84 bits per heavy atom. The number of esters is 1. The summed E-state index contributed by atoms with van der Waals surface area (Å²) in [6.45, 7) is 2.10. The Morgan fingerprint density at radius 1 is 1.12 bits per heavy atom. The van der Waals surface area contributed by atoms with Gasteiger partial charge >= 0.3 is 5.97 Å². The predicted molar refractivity (Wildman–Crippen MR) is 93.9 cm³/mol. The monoisotopic (exact) mass is 333 g/mol. The van der Waals surface area contributed by atoms with Crippen molar-refractivity contribution in [3.63, 3.8) is 0 Å². The van der Waals surface area contributed by atoms with Crippen molar-refractivity contribution in [3.05, 3.63) is 83.1 Å². The fourth-order valence-corrected chi connectivity index (χ4v) is 3.80. The lowest BCUT2D eigenvalue weighted by Crippen LogP contribution is -2.32. The van der Waals surface area contributed by atoms with Crippen molar-refractivity contribution >= 4 is 11.9 Å². The van der Waals surface area contributed by atoms with Crippen LogP contribution in [0, 0.1) is 0 Å². The molecular weight excluding hydrogens is 314 g/mol. The summed E-state index contributed by atoms with van der Waals surface area (Å²) >= 11 is 0. The molecule has 4 rings (SSSR count). The zero-order valence-electron chi connectivity index (χ0n) is 14.0. The normalized spacial score (nSPS) is 21.4. The van der Waals surface area contributed by atoms with Gasteiger partial charge in [-0.05, 0) is 30.5 Å². The van der Waals surface area contributed by atoms with Gasteiger partial charge in [-0.25, -0.2) is 4.79 Å². The van der Waals surface area contributed by atoms with Crippen molar-refractivity contribution in [2.45, 2.75) is 25.3 Å². The summed E-state index contributed by atoms with van der Waals surface area (Å²) in [6.07, 6.45) is 2.38. The molecule has 2 aromatic rings. The van der Waals surface area contributed by atoms with Crippen LogP contribution in [0.25, 0.3) is 0 Å². The van der Waals surface area contributed by atoms with Crippen molar-refractivity contribution in [2.75, 3.05) is 6.61 Å². The number of benzene rings is 2. The first-order chi connectivity index (χ1) is 12.2. The van der Waals surface area contributed by atoms with Crippen LogP contribution < -0.4 is 0 Å². The van der Waals surface area contributed by atoms with Crippen LogP contribution >= 0.6 is 0 Å². The van der Waals surface area contributed by atoms with Crippen molar-refractivity contribution in [1.82, 2.24) is 4.90 Å². The predicted octanol–water partition coefficient (Wildman–Crippen LogP) is 3.82. The molecule has 126 valence electrons. The van der Waals surface area contributed by atoms with E-state index >= 15 is 0 Å². The number of amides is 1. The van der Waals surface area contributed by atoms with E-state index in [2.05, 4.69) is 0 Å². The molecule has 25 heavy (non-hydrogen) atoms. The number of fused-ring (bicyclic) bond motifs is 3. The van der Waals surface area contributed by atoms with E-state index in [-0.39, 0.29) is 23.8 Å². The number of rotatable bonds is 3. The van der Waals surface area contributed by atoms with Crippen LogP contribution in [0.2, 0.25) is 0 Å². The van der Waals surface area contributed by atoms with Crippen LogP contribution in [-0.2, 0) is 9.53 Å². The molecule has 2 aliphatic heterocycles. The molecule has 2 aromatic carbocycles. The fourth-order valence-electron chi connectivity index (χ4n) is 3.80. The number of carbonyl (C=O) groups is 2. The maximum atomic E-state index is 12.7. The molecule has 0 saturated carbocycles. The van der Waals surface area contributed by atoms with E-state index in [0.717, 1.165) is 16.7 Å². The van der Waals surface area contributed by atoms with Crippen LogP contribution in [-0.4, -0.2) is 23.4 Å². The van der Waals surface area contributed by atoms with E-state index in [9.17, 15) is 9.59 Å². The van der Waals surface area contributed by atoms with Crippen molar-refractivity contribution in [3.8, 4) is 0 Å². The minimum absolute atomic E-state index is 0.0351. The Kier molecular flexibility index (Phi) is 3.88. The minimum atomic E-state index is -0.349. The van der Waals surface area contributed by atoms with Gasteiger partial charge in [0.2, 0.25) is 0 Å². The van der Waals surface area contributed by atoms with Crippen molar-refractivity contribution in [2.24, 2.45) is 0 Å². The summed E-state index contributed by atoms with van der Waals surface area (Å²) < 4.78 is 5.25. The van der Waals surface area contributed by atoms with Gasteiger partial charge < -0.3 is 9.64 Å². The lowest BCUT2D eigenvalue weighted by atomic mass is 9.82. The first kappa shape index (κ1) is 15.6. The number of hydrogen-bond acceptors (Lipinski definition) is 3. The van der Waals surface area contributed by atoms with E-state index in [0.29, 0.717) is 18.6 Å². The van der Waals surface area contributed by atoms with Gasteiger partial charge in [0.15, 0.2) is 0 Å². The highest BCUT2D eigenvalue weighted by Gasteiger charge is 2.42. The standard InChI is InChI=1S/C21H19NO3/c1-2-25-21(24)18-13-22-19(12-17(18)14-8-4-3-5-9-14)15-10-6-7-11-16(15)20(22)23/h3-11,13,17,19H,2,12H2,1H3/t17-,19+/m1/s1. The third kappa shape index (κ3) is 2.54. The first-order valence-electron chi connectivity index (χ1n) is 8.56. The summed E-state index contributed by atoms with van der Waals surface area (Å²) in [5.74, 6) is -0.479. The Balaban J connectivity index is 1.80. The van der Waals surface area contributed by atoms with Gasteiger partial charge in [-0.2, -0.15) is 0 Å². The Bertz CT molecular complexity index is 856. The molecule has 0 aromatic heterocycles. The fraction of sp³-hybridized carbons (Fsp3) is 0.238. The third-order valence-electron chi connectivity index (χ3n) is 4.95. The van der Waals surface area contributed by atoms with Gasteiger partial charge in [0.05, 0.1) is 18.2 Å². The number of nitrogens with zero attached hydrogens (tertiary/aromatic N) is 1. The Hall–Kier alpha value is -2.88. The largest absolute Gasteiger partial charge is 0.463 e. The average molecular weight is 333 g/mol. The molecule has 1 amide bonds. The molecule has 0 N–H and O–H groups in total. The summed E-state index contributed by atoms with van der Waals surface area (Å²) in [7, 11) is 0. The minimum Gasteiger partial charge on any atom is -0.463 e. The van der Waals surface area contributed by atoms with E-state index in [4.69, 9.17) is 4.74 Å². The summed E-state index contributed by atoms with van der Waals surface area (Å²) in [4.78, 5) is 26.9. The molecule has 0 spiro atoms. The molecule has 0 saturated heterocycles. The van der Waals surface area contributed by atoms with Crippen molar-refractivity contribution < 1.29 is 14.3 Å². The zero-order chi connectivity index (χ0) is 17.4. The molecule has 2 atom stereocenters. The van der Waals surface area contributed by atoms with Crippen LogP contribution in [0.5, 0.6) is 0 Å². The van der Waals surface area contributed by atoms with Gasteiger partial charge in [-0.1, -0.05) is 48.5 Å². The van der Waals surface area contributed by atoms with Gasteiger partial charge in [-0.15, -0.1) is 0 Å². The molecule has 0 fully saturated rings. The number of ether oxygens (including phenoxy) is 1. The zero-order valence-corrected chi connectivity index (χ0v) is 14.0. The molecule has 4 nitrogen and oxygen atoms in total. The highest BCUT2D eigenvalue weighted by molar-refractivity contribution is 6.01. The Morgan fingerprint density at radius 3 is 2.60 bits per heavy atom. The maximum Gasteiger partial charge on any atom is 0.336 e. The van der Waals surface area contributed by atoms with Crippen LogP contribution in [0.3, 0.4) is 0 Å². The highest BCUT2D eigenvalue weighted by atomic mass is 16.5. The lowest BCUT2D eigenvalue weighted by molar-refractivity contribution is -0.139. The van der Waals surface area contributed by atoms with Crippen LogP contribution in [0.1, 0.15) is 46.8 Å². The van der Waals surface area contributed by atoms with Gasteiger partial charge in [0.1, 0.15) is 0 Å². The quantitative estimate of drug-likeness (QED) is 0.802. The molecular formula is C21H19NO3. The third-order valence-corrected chi connectivity index (χ3v) is 4.95. The van der Waals surface area contributed by atoms with Crippen LogP contribution in [0.15, 0.2) is 66.4 Å². The van der Waals surface area contributed by atoms with Gasteiger partial charge in [-0.3, -0.25) is 4.79 Å². The van der Waals surface area contributed by atoms with Crippen LogP contribution in [0.4, 0.5) is 0 Å². The number of hydrogen-bond donors (Lipinski definition) is 0. The van der Waals surface area contributed by atoms with Crippen molar-refractivity contribution in [1.29, 1.82) is 0 Å². The maximum absolute atomic E-state index is 12.7. The summed E-state index contributed by atoms with van der Waals surface area (Å²) in [6, 6.07) is 17.6. The molecule has 2 heterocycles. The molecule has 0 radical (unpaired) electrons. The topological polar surface area (TPSA) is 46.6 Å². The molecule has 0 aliphatic carbocycles. The van der Waals surface area contributed by atoms with Gasteiger partial charge in [0, 0.05) is 17.7 Å². The van der Waals surface area contributed by atoms with Gasteiger partial charge in [0.25, 0.3) is 5.91 Å². The lowest BCUT2D eigenvalue weighted by Gasteiger charge is -2.33. The van der Waals surface area contributed by atoms with E-state index in [1.165, 1.54) is 0 Å².